The fraction of sp³-hybridized carbons (Fsp3) is 0.0189. The molecular weight excluding hydrogens is 697 g/mol. The molecule has 0 amide bonds. The summed E-state index contributed by atoms with van der Waals surface area (Å²) < 4.78 is 13.2. The second kappa shape index (κ2) is 12.2. The first-order chi connectivity index (χ1) is 28.2. The molecule has 1 spiro atoms. The number of furan rings is 1. The van der Waals surface area contributed by atoms with Gasteiger partial charge in [0.15, 0.2) is 5.82 Å². The number of rotatable bonds is 4. The molecule has 0 radical (unpaired) electrons. The first-order valence-corrected chi connectivity index (χ1v) is 19.3. The summed E-state index contributed by atoms with van der Waals surface area (Å²) in [6.07, 6.45) is 0. The van der Waals surface area contributed by atoms with Crippen LogP contribution in [0.2, 0.25) is 0 Å². The lowest BCUT2D eigenvalue weighted by molar-refractivity contribution is 0.438. The largest absolute Gasteiger partial charge is 0.456 e. The van der Waals surface area contributed by atoms with Crippen molar-refractivity contribution in [3.63, 3.8) is 0 Å². The van der Waals surface area contributed by atoms with Crippen LogP contribution < -0.4 is 4.74 Å². The molecule has 266 valence electrons. The number of fused-ring (bicyclic) bond motifs is 12. The Kier molecular flexibility index (Phi) is 6.81. The molecule has 0 N–H and O–H groups in total. The molecule has 1 aliphatic carbocycles. The van der Waals surface area contributed by atoms with Gasteiger partial charge in [0.25, 0.3) is 0 Å². The molecule has 0 atom stereocenters. The molecule has 0 bridgehead atoms. The summed E-state index contributed by atoms with van der Waals surface area (Å²) in [7, 11) is 0. The van der Waals surface area contributed by atoms with Crippen LogP contribution in [0.15, 0.2) is 199 Å². The fourth-order valence-corrected chi connectivity index (χ4v) is 9.27. The minimum absolute atomic E-state index is 0.510. The number of hydrogen-bond donors (Lipinski definition) is 0. The average molecular weight is 729 g/mol. The van der Waals surface area contributed by atoms with Crippen LogP contribution in [0, 0.1) is 0 Å². The fourth-order valence-electron chi connectivity index (χ4n) is 9.27. The van der Waals surface area contributed by atoms with E-state index in [1.807, 2.05) is 36.4 Å². The van der Waals surface area contributed by atoms with Crippen molar-refractivity contribution in [2.75, 3.05) is 0 Å². The van der Waals surface area contributed by atoms with Crippen LogP contribution in [-0.2, 0) is 5.41 Å². The zero-order chi connectivity index (χ0) is 37.5. The van der Waals surface area contributed by atoms with Crippen LogP contribution in [0.1, 0.15) is 22.3 Å². The van der Waals surface area contributed by atoms with Crippen molar-refractivity contribution < 1.29 is 9.15 Å². The summed E-state index contributed by atoms with van der Waals surface area (Å²) in [5.41, 5.74) is 15.3. The van der Waals surface area contributed by atoms with Gasteiger partial charge in [-0.3, -0.25) is 0 Å². The molecule has 12 rings (SSSR count). The lowest BCUT2D eigenvalue weighted by Gasteiger charge is -2.40. The number of nitrogens with zero attached hydrogens (tertiary/aromatic N) is 2. The van der Waals surface area contributed by atoms with Gasteiger partial charge < -0.3 is 9.15 Å². The predicted molar refractivity (Wildman–Crippen MR) is 228 cm³/mol. The van der Waals surface area contributed by atoms with Crippen LogP contribution in [0.4, 0.5) is 0 Å². The highest BCUT2D eigenvalue weighted by Crippen LogP contribution is 2.63. The summed E-state index contributed by atoms with van der Waals surface area (Å²) in [6, 6.07) is 68.2. The Morgan fingerprint density at radius 2 is 0.930 bits per heavy atom. The van der Waals surface area contributed by atoms with Crippen molar-refractivity contribution in [3.05, 3.63) is 216 Å². The van der Waals surface area contributed by atoms with E-state index in [1.165, 1.54) is 22.3 Å². The van der Waals surface area contributed by atoms with E-state index >= 15 is 0 Å². The highest BCUT2D eigenvalue weighted by atomic mass is 16.5. The van der Waals surface area contributed by atoms with Gasteiger partial charge in [-0.15, -0.1) is 0 Å². The Morgan fingerprint density at radius 3 is 1.70 bits per heavy atom. The van der Waals surface area contributed by atoms with Gasteiger partial charge in [-0.25, -0.2) is 9.97 Å². The minimum Gasteiger partial charge on any atom is -0.456 e. The molecular formula is C53H32N2O2. The van der Waals surface area contributed by atoms with Crippen LogP contribution in [-0.4, -0.2) is 9.97 Å². The molecule has 2 aromatic heterocycles. The zero-order valence-electron chi connectivity index (χ0n) is 30.7. The van der Waals surface area contributed by atoms with Crippen LogP contribution in [0.25, 0.3) is 78.1 Å². The zero-order valence-corrected chi connectivity index (χ0v) is 30.7. The molecule has 0 unspecified atom stereocenters. The lowest BCUT2D eigenvalue weighted by Crippen LogP contribution is -2.32. The molecule has 4 nitrogen and oxygen atoms in total. The number of benzene rings is 8. The molecule has 3 heterocycles. The number of para-hydroxylation sites is 3. The van der Waals surface area contributed by atoms with Gasteiger partial charge in [0.05, 0.1) is 16.8 Å². The molecule has 0 saturated heterocycles. The van der Waals surface area contributed by atoms with E-state index in [4.69, 9.17) is 19.1 Å². The van der Waals surface area contributed by atoms with Gasteiger partial charge in [-0.2, -0.15) is 0 Å². The van der Waals surface area contributed by atoms with Gasteiger partial charge in [0.1, 0.15) is 22.7 Å². The monoisotopic (exact) mass is 728 g/mol. The van der Waals surface area contributed by atoms with Gasteiger partial charge in [-0.05, 0) is 58.1 Å². The summed E-state index contributed by atoms with van der Waals surface area (Å²) in [4.78, 5) is 10.3. The maximum atomic E-state index is 6.95. The average Bonchev–Trinajstić information content (AvgIpc) is 3.80. The SMILES string of the molecule is c1ccc(-c2cc(-c3ccc(-c4cccc5c4Oc4ccccc4C54c5ccccc5-c5ccccc54)cc3)nc(-c3ccc4c(c3)oc3ccccc34)n2)cc1. The molecule has 4 heteroatoms. The molecule has 1 aliphatic heterocycles. The summed E-state index contributed by atoms with van der Waals surface area (Å²) in [5.74, 6) is 2.40. The van der Waals surface area contributed by atoms with Gasteiger partial charge in [0, 0.05) is 44.2 Å². The van der Waals surface area contributed by atoms with E-state index < -0.39 is 5.41 Å². The number of ether oxygens (including phenoxy) is 1. The Balaban J connectivity index is 0.992. The molecule has 10 aromatic rings. The second-order valence-electron chi connectivity index (χ2n) is 14.8. The standard InChI is InChI=1S/C53H32N2O2/c1-2-13-34(14-3-1)46-32-47(55-52(54-46)36-29-30-41-40-17-6-10-23-48(40)56-50(41)31-36)35-27-25-33(26-28-35)37-18-12-22-45-51(37)57-49-24-11-9-21-44(49)53(45)42-19-7-4-15-38(42)39-16-5-8-20-43(39)53/h1-32H. The van der Waals surface area contributed by atoms with E-state index in [-0.39, 0.29) is 0 Å². The lowest BCUT2D eigenvalue weighted by atomic mass is 9.65. The third kappa shape index (κ3) is 4.68. The third-order valence-electron chi connectivity index (χ3n) is 11.8. The summed E-state index contributed by atoms with van der Waals surface area (Å²) in [5, 5.41) is 2.17. The van der Waals surface area contributed by atoms with Crippen LogP contribution in [0.3, 0.4) is 0 Å². The van der Waals surface area contributed by atoms with E-state index in [2.05, 4.69) is 158 Å². The van der Waals surface area contributed by atoms with Crippen molar-refractivity contribution in [1.29, 1.82) is 0 Å². The summed E-state index contributed by atoms with van der Waals surface area (Å²) in [6.45, 7) is 0. The molecule has 2 aliphatic rings. The number of hydrogen-bond acceptors (Lipinski definition) is 4. The first kappa shape index (κ1) is 31.8. The van der Waals surface area contributed by atoms with Crippen molar-refractivity contribution in [3.8, 4) is 67.7 Å². The van der Waals surface area contributed by atoms with Crippen LogP contribution >= 0.6 is 0 Å². The van der Waals surface area contributed by atoms with Gasteiger partial charge >= 0.3 is 0 Å². The summed E-state index contributed by atoms with van der Waals surface area (Å²) >= 11 is 0. The molecule has 0 fully saturated rings. The van der Waals surface area contributed by atoms with Gasteiger partial charge in [0.2, 0.25) is 0 Å². The first-order valence-electron chi connectivity index (χ1n) is 19.3. The third-order valence-corrected chi connectivity index (χ3v) is 11.8. The maximum Gasteiger partial charge on any atom is 0.160 e. The Bertz CT molecular complexity index is 3170. The van der Waals surface area contributed by atoms with Crippen LogP contribution in [0.5, 0.6) is 11.5 Å². The van der Waals surface area contributed by atoms with Crippen molar-refractivity contribution in [1.82, 2.24) is 9.97 Å². The highest BCUT2D eigenvalue weighted by Gasteiger charge is 2.51. The maximum absolute atomic E-state index is 6.95. The normalized spacial score (nSPS) is 13.2. The minimum atomic E-state index is -0.510. The quantitative estimate of drug-likeness (QED) is 0.181. The van der Waals surface area contributed by atoms with Crippen molar-refractivity contribution in [2.45, 2.75) is 5.41 Å². The Hall–Kier alpha value is -7.56. The molecule has 0 saturated carbocycles. The van der Waals surface area contributed by atoms with E-state index in [9.17, 15) is 0 Å². The van der Waals surface area contributed by atoms with Crippen molar-refractivity contribution in [2.24, 2.45) is 0 Å². The smallest absolute Gasteiger partial charge is 0.160 e. The highest BCUT2D eigenvalue weighted by molar-refractivity contribution is 6.05. The molecule has 57 heavy (non-hydrogen) atoms. The topological polar surface area (TPSA) is 48.2 Å². The molecule has 8 aromatic carbocycles. The Morgan fingerprint density at radius 1 is 0.368 bits per heavy atom. The van der Waals surface area contributed by atoms with E-state index in [0.717, 1.165) is 83.8 Å². The number of aromatic nitrogens is 2. The van der Waals surface area contributed by atoms with E-state index in [0.29, 0.717) is 5.82 Å². The van der Waals surface area contributed by atoms with Gasteiger partial charge in [-0.1, -0.05) is 164 Å². The van der Waals surface area contributed by atoms with E-state index in [1.54, 1.807) is 0 Å². The predicted octanol–water partition coefficient (Wildman–Crippen LogP) is 13.5. The second-order valence-corrected chi connectivity index (χ2v) is 14.8. The Labute approximate surface area is 329 Å². The van der Waals surface area contributed by atoms with Crippen molar-refractivity contribution >= 4 is 21.9 Å².